The number of aromatic nitrogens is 1. The first-order chi connectivity index (χ1) is 7.74. The number of fused-ring (bicyclic) bond motifs is 1. The van der Waals surface area contributed by atoms with E-state index in [-0.39, 0.29) is 0 Å². The summed E-state index contributed by atoms with van der Waals surface area (Å²) in [6, 6.07) is 7.00. The minimum Gasteiger partial charge on any atom is -0.462 e. The molecule has 0 amide bonds. The Labute approximate surface area is 98.0 Å². The smallest absolute Gasteiger partial charge is 0.339 e. The van der Waals surface area contributed by atoms with Crippen molar-refractivity contribution in [2.24, 2.45) is 0 Å². The molecule has 0 atom stereocenters. The maximum atomic E-state index is 11.6. The second-order valence-corrected chi connectivity index (χ2v) is 3.60. The van der Waals surface area contributed by atoms with E-state index in [2.05, 4.69) is 4.98 Å². The van der Waals surface area contributed by atoms with Gasteiger partial charge in [-0.2, -0.15) is 0 Å². The van der Waals surface area contributed by atoms with Crippen LogP contribution < -0.4 is 0 Å². The van der Waals surface area contributed by atoms with Crippen molar-refractivity contribution in [1.82, 2.24) is 4.98 Å². The number of halogens is 1. The predicted molar refractivity (Wildman–Crippen MR) is 62.7 cm³/mol. The van der Waals surface area contributed by atoms with Crippen LogP contribution in [0.3, 0.4) is 0 Å². The molecule has 0 spiro atoms. The van der Waals surface area contributed by atoms with E-state index in [0.717, 1.165) is 10.9 Å². The van der Waals surface area contributed by atoms with Gasteiger partial charge in [0.2, 0.25) is 0 Å². The van der Waals surface area contributed by atoms with Gasteiger partial charge in [0, 0.05) is 11.6 Å². The molecule has 0 saturated heterocycles. The summed E-state index contributed by atoms with van der Waals surface area (Å²) in [5, 5.41) is 1.15. The quantitative estimate of drug-likeness (QED) is 0.751. The highest BCUT2D eigenvalue weighted by Crippen LogP contribution is 2.26. The third-order valence-electron chi connectivity index (χ3n) is 2.21. The van der Waals surface area contributed by atoms with Crippen molar-refractivity contribution in [3.8, 4) is 0 Å². The third kappa shape index (κ3) is 1.86. The van der Waals surface area contributed by atoms with Gasteiger partial charge in [0.1, 0.15) is 0 Å². The molecule has 0 N–H and O–H groups in total. The number of carbonyl (C=O) groups is 1. The van der Waals surface area contributed by atoms with Crippen LogP contribution in [0.5, 0.6) is 0 Å². The van der Waals surface area contributed by atoms with Crippen LogP contribution in [0.4, 0.5) is 0 Å². The summed E-state index contributed by atoms with van der Waals surface area (Å²) in [7, 11) is 0. The molecule has 16 heavy (non-hydrogen) atoms. The number of carbonyl (C=O) groups excluding carboxylic acids is 1. The maximum Gasteiger partial charge on any atom is 0.339 e. The molecule has 0 aliphatic heterocycles. The average Bonchev–Trinajstić information content (AvgIpc) is 2.30. The van der Waals surface area contributed by atoms with Crippen LogP contribution in [0.1, 0.15) is 17.3 Å². The fraction of sp³-hybridized carbons (Fsp3) is 0.167. The molecule has 3 nitrogen and oxygen atoms in total. The minimum atomic E-state index is -0.404. The molecule has 2 rings (SSSR count). The van der Waals surface area contributed by atoms with Gasteiger partial charge in [-0.15, -0.1) is 0 Å². The Hall–Kier alpha value is -1.61. The van der Waals surface area contributed by atoms with Gasteiger partial charge in [-0.1, -0.05) is 11.6 Å². The number of nitrogens with zero attached hydrogens (tertiary/aromatic N) is 1. The van der Waals surface area contributed by atoms with E-state index in [0.29, 0.717) is 17.2 Å². The number of hydrogen-bond donors (Lipinski definition) is 0. The molecule has 1 aromatic carbocycles. The fourth-order valence-electron chi connectivity index (χ4n) is 1.48. The second kappa shape index (κ2) is 4.49. The highest BCUT2D eigenvalue weighted by Gasteiger charge is 2.13. The first-order valence-corrected chi connectivity index (χ1v) is 5.32. The molecular formula is C12H10ClNO2. The van der Waals surface area contributed by atoms with E-state index in [4.69, 9.17) is 16.3 Å². The number of rotatable bonds is 2. The van der Waals surface area contributed by atoms with Crippen LogP contribution in [0.2, 0.25) is 5.02 Å². The van der Waals surface area contributed by atoms with E-state index >= 15 is 0 Å². The van der Waals surface area contributed by atoms with E-state index in [1.165, 1.54) is 0 Å². The highest BCUT2D eigenvalue weighted by molar-refractivity contribution is 6.38. The Balaban J connectivity index is 2.56. The number of ether oxygens (including phenoxy) is 1. The SMILES string of the molecule is CCOC(=O)c1ccc2ncccc2c1Cl. The van der Waals surface area contributed by atoms with Gasteiger partial charge in [0.05, 0.1) is 22.7 Å². The summed E-state index contributed by atoms with van der Waals surface area (Å²) in [4.78, 5) is 15.7. The highest BCUT2D eigenvalue weighted by atomic mass is 35.5. The molecule has 1 aromatic heterocycles. The van der Waals surface area contributed by atoms with Crippen molar-refractivity contribution in [1.29, 1.82) is 0 Å². The molecule has 0 unspecified atom stereocenters. The third-order valence-corrected chi connectivity index (χ3v) is 2.62. The van der Waals surface area contributed by atoms with E-state index in [1.807, 2.05) is 6.07 Å². The number of pyridine rings is 1. The summed E-state index contributed by atoms with van der Waals surface area (Å²) in [6.07, 6.45) is 1.68. The fourth-order valence-corrected chi connectivity index (χ4v) is 1.78. The minimum absolute atomic E-state index is 0.334. The van der Waals surface area contributed by atoms with Crippen molar-refractivity contribution >= 4 is 28.5 Å². The summed E-state index contributed by atoms with van der Waals surface area (Å²) in [6.45, 7) is 2.09. The zero-order chi connectivity index (χ0) is 11.5. The normalized spacial score (nSPS) is 10.4. The lowest BCUT2D eigenvalue weighted by Gasteiger charge is -2.06. The van der Waals surface area contributed by atoms with Crippen molar-refractivity contribution in [3.05, 3.63) is 41.0 Å². The van der Waals surface area contributed by atoms with Gasteiger partial charge < -0.3 is 4.74 Å². The Bertz CT molecular complexity index is 540. The molecule has 0 radical (unpaired) electrons. The summed E-state index contributed by atoms with van der Waals surface area (Å²) >= 11 is 6.13. The van der Waals surface area contributed by atoms with Crippen LogP contribution in [0, 0.1) is 0 Å². The van der Waals surface area contributed by atoms with Gasteiger partial charge >= 0.3 is 5.97 Å². The van der Waals surface area contributed by atoms with E-state index in [1.54, 1.807) is 31.3 Å². The monoisotopic (exact) mass is 235 g/mol. The number of benzene rings is 1. The van der Waals surface area contributed by atoms with Gasteiger partial charge in [-0.05, 0) is 31.2 Å². The molecule has 1 heterocycles. The standard InChI is InChI=1S/C12H10ClNO2/c1-2-16-12(15)9-5-6-10-8(11(9)13)4-3-7-14-10/h3-7H,2H2,1H3. The first-order valence-electron chi connectivity index (χ1n) is 4.94. The number of esters is 1. The lowest BCUT2D eigenvalue weighted by atomic mass is 10.1. The zero-order valence-corrected chi connectivity index (χ0v) is 9.49. The predicted octanol–water partition coefficient (Wildman–Crippen LogP) is 3.06. The van der Waals surface area contributed by atoms with Crippen molar-refractivity contribution in [3.63, 3.8) is 0 Å². The largest absolute Gasteiger partial charge is 0.462 e. The molecule has 82 valence electrons. The molecule has 0 bridgehead atoms. The van der Waals surface area contributed by atoms with Gasteiger partial charge in [0.25, 0.3) is 0 Å². The lowest BCUT2D eigenvalue weighted by molar-refractivity contribution is 0.0527. The second-order valence-electron chi connectivity index (χ2n) is 3.22. The molecule has 0 saturated carbocycles. The Kier molecular flexibility index (Phi) is 3.06. The molecular weight excluding hydrogens is 226 g/mol. The topological polar surface area (TPSA) is 39.2 Å². The summed E-state index contributed by atoms with van der Waals surface area (Å²) in [5.41, 5.74) is 1.14. The average molecular weight is 236 g/mol. The maximum absolute atomic E-state index is 11.6. The van der Waals surface area contributed by atoms with Crippen molar-refractivity contribution in [2.45, 2.75) is 6.92 Å². The zero-order valence-electron chi connectivity index (χ0n) is 8.74. The van der Waals surface area contributed by atoms with Crippen molar-refractivity contribution < 1.29 is 9.53 Å². The van der Waals surface area contributed by atoms with E-state index < -0.39 is 5.97 Å². The van der Waals surface area contributed by atoms with Crippen LogP contribution in [0.25, 0.3) is 10.9 Å². The van der Waals surface area contributed by atoms with Crippen LogP contribution in [-0.2, 0) is 4.74 Å². The molecule has 4 heteroatoms. The van der Waals surface area contributed by atoms with Crippen LogP contribution in [-0.4, -0.2) is 17.6 Å². The van der Waals surface area contributed by atoms with Crippen LogP contribution in [0.15, 0.2) is 30.5 Å². The van der Waals surface area contributed by atoms with Crippen molar-refractivity contribution in [2.75, 3.05) is 6.61 Å². The Morgan fingerprint density at radius 2 is 2.25 bits per heavy atom. The molecule has 0 fully saturated rings. The molecule has 2 aromatic rings. The van der Waals surface area contributed by atoms with Gasteiger partial charge in [-0.25, -0.2) is 4.79 Å². The van der Waals surface area contributed by atoms with E-state index in [9.17, 15) is 4.79 Å². The van der Waals surface area contributed by atoms with Gasteiger partial charge in [-0.3, -0.25) is 4.98 Å². The molecule has 0 aliphatic rings. The molecule has 0 aliphatic carbocycles. The van der Waals surface area contributed by atoms with Crippen LogP contribution >= 0.6 is 11.6 Å². The van der Waals surface area contributed by atoms with Gasteiger partial charge in [0.15, 0.2) is 0 Å². The summed E-state index contributed by atoms with van der Waals surface area (Å²) < 4.78 is 4.91. The Morgan fingerprint density at radius 1 is 1.44 bits per heavy atom. The Morgan fingerprint density at radius 3 is 3.00 bits per heavy atom. The summed E-state index contributed by atoms with van der Waals surface area (Å²) in [5.74, 6) is -0.404. The lowest BCUT2D eigenvalue weighted by Crippen LogP contribution is -2.05. The first kappa shape index (κ1) is 10.9. The number of hydrogen-bond acceptors (Lipinski definition) is 3.